The van der Waals surface area contributed by atoms with Crippen LogP contribution in [0.2, 0.25) is 0 Å². The molecule has 0 aliphatic rings. The van der Waals surface area contributed by atoms with Crippen LogP contribution in [0.25, 0.3) is 0 Å². The summed E-state index contributed by atoms with van der Waals surface area (Å²) >= 11 is 0. The van der Waals surface area contributed by atoms with Crippen LogP contribution in [0.1, 0.15) is 21.5 Å². The minimum Gasteiger partial charge on any atom is -0.456 e. The minimum atomic E-state index is -5.10. The van der Waals surface area contributed by atoms with Crippen LogP contribution in [-0.2, 0) is 6.18 Å². The number of pyridine rings is 1. The van der Waals surface area contributed by atoms with Crippen molar-refractivity contribution in [3.05, 3.63) is 77.4 Å². The number of alkyl halides is 6. The Morgan fingerprint density at radius 1 is 1.00 bits per heavy atom. The third-order valence-corrected chi connectivity index (χ3v) is 4.16. The van der Waals surface area contributed by atoms with Gasteiger partial charge in [0.05, 0.1) is 17.4 Å². The Hall–Kier alpha value is -3.83. The second-order valence-electron chi connectivity index (χ2n) is 6.57. The molecule has 0 saturated carbocycles. The van der Waals surface area contributed by atoms with Gasteiger partial charge in [-0.3, -0.25) is 9.78 Å². The van der Waals surface area contributed by atoms with Crippen LogP contribution in [0, 0.1) is 12.7 Å². The second kappa shape index (κ2) is 8.96. The van der Waals surface area contributed by atoms with Gasteiger partial charge in [-0.15, -0.1) is 13.2 Å². The highest BCUT2D eigenvalue weighted by Gasteiger charge is 2.37. The zero-order valence-electron chi connectivity index (χ0n) is 16.5. The molecule has 174 valence electrons. The molecule has 0 radical (unpaired) electrons. The molecule has 0 saturated heterocycles. The van der Waals surface area contributed by atoms with Crippen molar-refractivity contribution in [2.24, 2.45) is 0 Å². The maximum absolute atomic E-state index is 14.8. The van der Waals surface area contributed by atoms with Crippen molar-refractivity contribution in [1.82, 2.24) is 4.98 Å². The number of carbonyl (C=O) groups is 1. The van der Waals surface area contributed by atoms with Crippen molar-refractivity contribution in [3.63, 3.8) is 0 Å². The minimum absolute atomic E-state index is 0.0788. The van der Waals surface area contributed by atoms with E-state index in [1.54, 1.807) is 0 Å². The maximum Gasteiger partial charge on any atom is 0.573 e. The van der Waals surface area contributed by atoms with Crippen LogP contribution in [0.3, 0.4) is 0 Å². The van der Waals surface area contributed by atoms with E-state index in [1.165, 1.54) is 31.5 Å². The SMILES string of the molecule is Cc1cc(OC(F)(F)F)ccc1Oc1ccc(C(F)(F)F)c(F)c1C(=O)Nc1cccnc1. The lowest BCUT2D eigenvalue weighted by atomic mass is 10.1. The molecular weight excluding hydrogens is 461 g/mol. The zero-order valence-corrected chi connectivity index (χ0v) is 16.5. The molecule has 33 heavy (non-hydrogen) atoms. The van der Waals surface area contributed by atoms with E-state index in [0.717, 1.165) is 24.3 Å². The number of rotatable bonds is 5. The number of ether oxygens (including phenoxy) is 2. The Kier molecular flexibility index (Phi) is 6.47. The molecule has 12 heteroatoms. The van der Waals surface area contributed by atoms with Gasteiger partial charge in [-0.2, -0.15) is 13.2 Å². The lowest BCUT2D eigenvalue weighted by Gasteiger charge is -2.17. The summed E-state index contributed by atoms with van der Waals surface area (Å²) in [6.45, 7) is 1.33. The molecule has 0 aliphatic carbocycles. The van der Waals surface area contributed by atoms with Crippen molar-refractivity contribution in [3.8, 4) is 17.2 Å². The Bertz CT molecular complexity index is 1160. The largest absolute Gasteiger partial charge is 0.573 e. The van der Waals surface area contributed by atoms with Gasteiger partial charge in [0.2, 0.25) is 0 Å². The average Bonchev–Trinajstić information content (AvgIpc) is 2.68. The molecule has 0 spiro atoms. The smallest absolute Gasteiger partial charge is 0.456 e. The van der Waals surface area contributed by atoms with Crippen molar-refractivity contribution in [1.29, 1.82) is 0 Å². The Labute approximate surface area is 181 Å². The molecular formula is C21H13F7N2O3. The monoisotopic (exact) mass is 474 g/mol. The summed E-state index contributed by atoms with van der Waals surface area (Å²) in [6.07, 6.45) is -7.47. The third kappa shape index (κ3) is 5.90. The van der Waals surface area contributed by atoms with Crippen molar-refractivity contribution in [2.75, 3.05) is 5.32 Å². The number of aromatic nitrogens is 1. The highest BCUT2D eigenvalue weighted by Crippen LogP contribution is 2.38. The molecule has 3 aromatic rings. The van der Waals surface area contributed by atoms with Crippen molar-refractivity contribution in [2.45, 2.75) is 19.5 Å². The number of carbonyl (C=O) groups excluding carboxylic acids is 1. The fourth-order valence-corrected chi connectivity index (χ4v) is 2.76. The van der Waals surface area contributed by atoms with Crippen molar-refractivity contribution >= 4 is 11.6 Å². The predicted molar refractivity (Wildman–Crippen MR) is 102 cm³/mol. The Morgan fingerprint density at radius 3 is 2.27 bits per heavy atom. The lowest BCUT2D eigenvalue weighted by molar-refractivity contribution is -0.274. The number of hydrogen-bond acceptors (Lipinski definition) is 4. The van der Waals surface area contributed by atoms with E-state index in [2.05, 4.69) is 15.0 Å². The number of hydrogen-bond donors (Lipinski definition) is 1. The van der Waals surface area contributed by atoms with E-state index in [9.17, 15) is 35.5 Å². The highest BCUT2D eigenvalue weighted by molar-refractivity contribution is 6.06. The summed E-state index contributed by atoms with van der Waals surface area (Å²) < 4.78 is 101. The standard InChI is InChI=1S/C21H13F7N2O3/c1-11-9-13(33-21(26,27)28)4-6-15(11)32-16-7-5-14(20(23,24)25)18(22)17(16)19(31)30-12-3-2-8-29-10-12/h2-10H,1H3,(H,30,31). The molecule has 1 heterocycles. The van der Waals surface area contributed by atoms with E-state index >= 15 is 0 Å². The molecule has 0 fully saturated rings. The lowest BCUT2D eigenvalue weighted by Crippen LogP contribution is -2.19. The summed E-state index contributed by atoms with van der Waals surface area (Å²) in [4.78, 5) is 16.4. The van der Waals surface area contributed by atoms with Crippen LogP contribution in [0.5, 0.6) is 17.2 Å². The van der Waals surface area contributed by atoms with Crippen LogP contribution in [0.15, 0.2) is 54.9 Å². The van der Waals surface area contributed by atoms with E-state index in [1.807, 2.05) is 0 Å². The molecule has 0 bridgehead atoms. The zero-order chi connectivity index (χ0) is 24.4. The van der Waals surface area contributed by atoms with Gasteiger partial charge in [0.25, 0.3) is 5.91 Å². The molecule has 1 aromatic heterocycles. The summed E-state index contributed by atoms with van der Waals surface area (Å²) in [5.74, 6) is -4.43. The van der Waals surface area contributed by atoms with Gasteiger partial charge >= 0.3 is 12.5 Å². The quantitative estimate of drug-likeness (QED) is 0.430. The summed E-state index contributed by atoms with van der Waals surface area (Å²) in [5, 5.41) is 2.22. The van der Waals surface area contributed by atoms with Gasteiger partial charge in [0.1, 0.15) is 22.8 Å². The third-order valence-electron chi connectivity index (χ3n) is 4.16. The first-order chi connectivity index (χ1) is 15.3. The van der Waals surface area contributed by atoms with E-state index in [0.29, 0.717) is 6.07 Å². The Balaban J connectivity index is 2.01. The predicted octanol–water partition coefficient (Wildman–Crippen LogP) is 6.49. The normalized spacial score (nSPS) is 11.8. The number of halogens is 7. The van der Waals surface area contributed by atoms with Gasteiger partial charge in [-0.05, 0) is 55.0 Å². The number of benzene rings is 2. The fourth-order valence-electron chi connectivity index (χ4n) is 2.76. The highest BCUT2D eigenvalue weighted by atomic mass is 19.4. The van der Waals surface area contributed by atoms with Crippen LogP contribution in [-0.4, -0.2) is 17.3 Å². The number of anilines is 1. The molecule has 1 amide bonds. The first-order valence-electron chi connectivity index (χ1n) is 9.00. The first kappa shape index (κ1) is 23.8. The van der Waals surface area contributed by atoms with Crippen LogP contribution in [0.4, 0.5) is 36.4 Å². The molecule has 0 unspecified atom stereocenters. The molecule has 0 atom stereocenters. The van der Waals surface area contributed by atoms with Gasteiger partial charge < -0.3 is 14.8 Å². The average molecular weight is 474 g/mol. The number of nitrogens with zero attached hydrogens (tertiary/aromatic N) is 1. The summed E-state index contributed by atoms with van der Waals surface area (Å²) in [6, 6.07) is 6.83. The Morgan fingerprint density at radius 2 is 1.70 bits per heavy atom. The summed E-state index contributed by atoms with van der Waals surface area (Å²) in [5.41, 5.74) is -2.59. The maximum atomic E-state index is 14.8. The van der Waals surface area contributed by atoms with Gasteiger partial charge in [-0.1, -0.05) is 0 Å². The number of aryl methyl sites for hydroxylation is 1. The first-order valence-corrected chi connectivity index (χ1v) is 9.00. The second-order valence-corrected chi connectivity index (χ2v) is 6.57. The fraction of sp³-hybridized carbons (Fsp3) is 0.143. The van der Waals surface area contributed by atoms with Gasteiger partial charge in [-0.25, -0.2) is 4.39 Å². The topological polar surface area (TPSA) is 60.5 Å². The van der Waals surface area contributed by atoms with Crippen LogP contribution >= 0.6 is 0 Å². The van der Waals surface area contributed by atoms with E-state index < -0.39 is 46.9 Å². The summed E-state index contributed by atoms with van der Waals surface area (Å²) in [7, 11) is 0. The van der Waals surface area contributed by atoms with Crippen molar-refractivity contribution < 1.29 is 45.0 Å². The van der Waals surface area contributed by atoms with E-state index in [-0.39, 0.29) is 17.0 Å². The molecule has 2 aromatic carbocycles. The van der Waals surface area contributed by atoms with Gasteiger partial charge in [0.15, 0.2) is 5.82 Å². The number of amides is 1. The van der Waals surface area contributed by atoms with Crippen LogP contribution < -0.4 is 14.8 Å². The van der Waals surface area contributed by atoms with E-state index in [4.69, 9.17) is 4.74 Å². The number of nitrogens with one attached hydrogen (secondary N) is 1. The molecule has 1 N–H and O–H groups in total. The van der Waals surface area contributed by atoms with Gasteiger partial charge in [0, 0.05) is 6.20 Å². The molecule has 3 rings (SSSR count). The molecule has 5 nitrogen and oxygen atoms in total. The molecule has 0 aliphatic heterocycles.